The molecular formula is C15H20N2O4. The van der Waals surface area contributed by atoms with Crippen molar-refractivity contribution in [1.29, 1.82) is 0 Å². The Morgan fingerprint density at radius 2 is 1.90 bits per heavy atom. The topological polar surface area (TPSA) is 86.7 Å². The number of aliphatic carboxylic acids is 1. The van der Waals surface area contributed by atoms with Crippen molar-refractivity contribution >= 4 is 17.8 Å². The van der Waals surface area contributed by atoms with E-state index >= 15 is 0 Å². The van der Waals surface area contributed by atoms with Gasteiger partial charge in [-0.25, -0.2) is 0 Å². The summed E-state index contributed by atoms with van der Waals surface area (Å²) in [6.45, 7) is 4.05. The van der Waals surface area contributed by atoms with Gasteiger partial charge in [0.05, 0.1) is 6.42 Å². The Labute approximate surface area is 123 Å². The summed E-state index contributed by atoms with van der Waals surface area (Å²) in [6, 6.07) is 5.90. The molecule has 114 valence electrons. The molecule has 0 aliphatic heterocycles. The monoisotopic (exact) mass is 292 g/mol. The third-order valence-corrected chi connectivity index (χ3v) is 3.05. The Morgan fingerprint density at radius 1 is 1.29 bits per heavy atom. The lowest BCUT2D eigenvalue weighted by atomic mass is 10.1. The van der Waals surface area contributed by atoms with E-state index in [-0.39, 0.29) is 12.3 Å². The molecule has 0 fully saturated rings. The SMILES string of the molecule is CCN(C)C(=O)c1cccc(C(=O)NC(C)CC(=O)O)c1. The fourth-order valence-electron chi connectivity index (χ4n) is 1.78. The first-order valence-corrected chi connectivity index (χ1v) is 6.73. The van der Waals surface area contributed by atoms with Crippen molar-refractivity contribution < 1.29 is 19.5 Å². The number of carboxylic acid groups (broad SMARTS) is 1. The van der Waals surface area contributed by atoms with Gasteiger partial charge in [-0.3, -0.25) is 14.4 Å². The Bertz CT molecular complexity index is 542. The maximum Gasteiger partial charge on any atom is 0.305 e. The van der Waals surface area contributed by atoms with Crippen LogP contribution in [0.2, 0.25) is 0 Å². The molecule has 0 heterocycles. The van der Waals surface area contributed by atoms with Crippen molar-refractivity contribution in [1.82, 2.24) is 10.2 Å². The first-order valence-electron chi connectivity index (χ1n) is 6.73. The second-order valence-corrected chi connectivity index (χ2v) is 4.87. The largest absolute Gasteiger partial charge is 0.481 e. The number of hydrogen-bond acceptors (Lipinski definition) is 3. The summed E-state index contributed by atoms with van der Waals surface area (Å²) >= 11 is 0. The van der Waals surface area contributed by atoms with Gasteiger partial charge < -0.3 is 15.3 Å². The minimum absolute atomic E-state index is 0.150. The highest BCUT2D eigenvalue weighted by molar-refractivity contribution is 5.99. The Morgan fingerprint density at radius 3 is 2.48 bits per heavy atom. The fraction of sp³-hybridized carbons (Fsp3) is 0.400. The number of amides is 2. The van der Waals surface area contributed by atoms with Gasteiger partial charge in [-0.1, -0.05) is 6.07 Å². The van der Waals surface area contributed by atoms with Gasteiger partial charge in [0.1, 0.15) is 0 Å². The molecule has 1 rings (SSSR count). The lowest BCUT2D eigenvalue weighted by Gasteiger charge is -2.15. The van der Waals surface area contributed by atoms with Crippen LogP contribution in [0.3, 0.4) is 0 Å². The molecule has 1 aromatic rings. The van der Waals surface area contributed by atoms with Crippen LogP contribution in [0.5, 0.6) is 0 Å². The number of benzene rings is 1. The Balaban J connectivity index is 2.82. The molecule has 0 saturated heterocycles. The quantitative estimate of drug-likeness (QED) is 0.829. The van der Waals surface area contributed by atoms with Gasteiger partial charge in [0.2, 0.25) is 0 Å². The highest BCUT2D eigenvalue weighted by Crippen LogP contribution is 2.08. The summed E-state index contributed by atoms with van der Waals surface area (Å²) in [6.07, 6.45) is -0.150. The summed E-state index contributed by atoms with van der Waals surface area (Å²) in [5, 5.41) is 11.3. The lowest BCUT2D eigenvalue weighted by molar-refractivity contribution is -0.137. The van der Waals surface area contributed by atoms with Crippen molar-refractivity contribution in [3.63, 3.8) is 0 Å². The molecular weight excluding hydrogens is 272 g/mol. The fourth-order valence-corrected chi connectivity index (χ4v) is 1.78. The predicted molar refractivity (Wildman–Crippen MR) is 78.3 cm³/mol. The van der Waals surface area contributed by atoms with E-state index in [0.717, 1.165) is 0 Å². The van der Waals surface area contributed by atoms with E-state index in [0.29, 0.717) is 17.7 Å². The van der Waals surface area contributed by atoms with Crippen LogP contribution in [-0.2, 0) is 4.79 Å². The molecule has 6 heteroatoms. The van der Waals surface area contributed by atoms with Gasteiger partial charge in [-0.05, 0) is 32.0 Å². The minimum atomic E-state index is -0.976. The average Bonchev–Trinajstić information content (AvgIpc) is 2.44. The standard InChI is InChI=1S/C15H20N2O4/c1-4-17(3)15(21)12-7-5-6-11(9-12)14(20)16-10(2)8-13(18)19/h5-7,9-10H,4,8H2,1-3H3,(H,16,20)(H,18,19). The zero-order valence-electron chi connectivity index (χ0n) is 12.4. The average molecular weight is 292 g/mol. The summed E-state index contributed by atoms with van der Waals surface area (Å²) < 4.78 is 0. The van der Waals surface area contributed by atoms with Crippen LogP contribution in [0, 0.1) is 0 Å². The van der Waals surface area contributed by atoms with Gasteiger partial charge in [-0.2, -0.15) is 0 Å². The van der Waals surface area contributed by atoms with Crippen LogP contribution in [0.25, 0.3) is 0 Å². The zero-order chi connectivity index (χ0) is 16.0. The molecule has 0 saturated carbocycles. The number of hydrogen-bond donors (Lipinski definition) is 2. The molecule has 21 heavy (non-hydrogen) atoms. The third kappa shape index (κ3) is 4.91. The highest BCUT2D eigenvalue weighted by atomic mass is 16.4. The summed E-state index contributed by atoms with van der Waals surface area (Å²) in [7, 11) is 1.68. The minimum Gasteiger partial charge on any atom is -0.481 e. The molecule has 2 N–H and O–H groups in total. The van der Waals surface area contributed by atoms with Crippen molar-refractivity contribution in [2.24, 2.45) is 0 Å². The number of nitrogens with zero attached hydrogens (tertiary/aromatic N) is 1. The Hall–Kier alpha value is -2.37. The summed E-state index contributed by atoms with van der Waals surface area (Å²) in [5.74, 6) is -1.53. The highest BCUT2D eigenvalue weighted by Gasteiger charge is 2.15. The summed E-state index contributed by atoms with van der Waals surface area (Å²) in [4.78, 5) is 36.2. The molecule has 6 nitrogen and oxygen atoms in total. The van der Waals surface area contributed by atoms with Gasteiger partial charge >= 0.3 is 5.97 Å². The van der Waals surface area contributed by atoms with Crippen molar-refractivity contribution in [3.05, 3.63) is 35.4 Å². The molecule has 1 unspecified atom stereocenters. The predicted octanol–water partition coefficient (Wildman–Crippen LogP) is 1.37. The lowest BCUT2D eigenvalue weighted by Crippen LogP contribution is -2.34. The van der Waals surface area contributed by atoms with Crippen molar-refractivity contribution in [3.8, 4) is 0 Å². The van der Waals surface area contributed by atoms with Gasteiger partial charge in [0.25, 0.3) is 11.8 Å². The number of rotatable bonds is 6. The second kappa shape index (κ2) is 7.42. The first kappa shape index (κ1) is 16.7. The normalized spacial score (nSPS) is 11.6. The maximum atomic E-state index is 12.0. The van der Waals surface area contributed by atoms with Gasteiger partial charge in [-0.15, -0.1) is 0 Å². The van der Waals surface area contributed by atoms with E-state index < -0.39 is 17.9 Å². The molecule has 0 spiro atoms. The van der Waals surface area contributed by atoms with Crippen LogP contribution in [-0.4, -0.2) is 47.4 Å². The summed E-state index contributed by atoms with van der Waals surface area (Å²) in [5.41, 5.74) is 0.764. The molecule has 1 atom stereocenters. The number of carbonyl (C=O) groups excluding carboxylic acids is 2. The van der Waals surface area contributed by atoms with Crippen LogP contribution in [0.4, 0.5) is 0 Å². The van der Waals surface area contributed by atoms with E-state index in [9.17, 15) is 14.4 Å². The smallest absolute Gasteiger partial charge is 0.305 e. The number of nitrogens with one attached hydrogen (secondary N) is 1. The number of carboxylic acids is 1. The van der Waals surface area contributed by atoms with Crippen LogP contribution in [0.15, 0.2) is 24.3 Å². The van der Waals surface area contributed by atoms with E-state index in [1.807, 2.05) is 6.92 Å². The van der Waals surface area contributed by atoms with Crippen LogP contribution in [0.1, 0.15) is 41.0 Å². The maximum absolute atomic E-state index is 12.0. The van der Waals surface area contributed by atoms with E-state index in [1.54, 1.807) is 37.1 Å². The van der Waals surface area contributed by atoms with E-state index in [1.165, 1.54) is 6.07 Å². The molecule has 0 aliphatic rings. The van der Waals surface area contributed by atoms with Crippen LogP contribution < -0.4 is 5.32 Å². The van der Waals surface area contributed by atoms with Crippen molar-refractivity contribution in [2.45, 2.75) is 26.3 Å². The number of carbonyl (C=O) groups is 3. The molecule has 0 radical (unpaired) electrons. The van der Waals surface area contributed by atoms with Crippen LogP contribution >= 0.6 is 0 Å². The van der Waals surface area contributed by atoms with E-state index in [2.05, 4.69) is 5.32 Å². The molecule has 0 aliphatic carbocycles. The first-order chi connectivity index (χ1) is 9.85. The van der Waals surface area contributed by atoms with Gasteiger partial charge in [0, 0.05) is 30.8 Å². The second-order valence-electron chi connectivity index (χ2n) is 4.87. The van der Waals surface area contributed by atoms with Gasteiger partial charge in [0.15, 0.2) is 0 Å². The molecule has 1 aromatic carbocycles. The Kier molecular flexibility index (Phi) is 5.90. The zero-order valence-corrected chi connectivity index (χ0v) is 12.4. The molecule has 0 aromatic heterocycles. The van der Waals surface area contributed by atoms with E-state index in [4.69, 9.17) is 5.11 Å². The third-order valence-electron chi connectivity index (χ3n) is 3.05. The molecule has 0 bridgehead atoms. The van der Waals surface area contributed by atoms with Crippen molar-refractivity contribution in [2.75, 3.05) is 13.6 Å². The molecule has 2 amide bonds.